The Morgan fingerprint density at radius 1 is 1.33 bits per heavy atom. The molecule has 6 heteroatoms. The average Bonchev–Trinajstić information content (AvgIpc) is 2.86. The van der Waals surface area contributed by atoms with Gasteiger partial charge < -0.3 is 14.2 Å². The molecule has 1 heterocycles. The molecule has 1 rings (SSSR count). The van der Waals surface area contributed by atoms with E-state index in [0.29, 0.717) is 0 Å². The Bertz CT molecular complexity index is 511. The number of carbonyl (C=O) groups excluding carboxylic acids is 2. The highest BCUT2D eigenvalue weighted by Gasteiger charge is 2.26. The van der Waals surface area contributed by atoms with Crippen molar-refractivity contribution >= 4 is 29.5 Å². The van der Waals surface area contributed by atoms with Gasteiger partial charge in [0, 0.05) is 0 Å². The van der Waals surface area contributed by atoms with Gasteiger partial charge in [-0.1, -0.05) is 0 Å². The van der Waals surface area contributed by atoms with Gasteiger partial charge in [0.2, 0.25) is 0 Å². The molecule has 1 unspecified atom stereocenters. The number of hydrogen-bond acceptors (Lipinski definition) is 6. The molecule has 0 saturated heterocycles. The molecule has 0 radical (unpaired) electrons. The second kappa shape index (κ2) is 7.26. The summed E-state index contributed by atoms with van der Waals surface area (Å²) in [6, 6.07) is 1.86. The molecule has 0 amide bonds. The van der Waals surface area contributed by atoms with Gasteiger partial charge in [0.25, 0.3) is 0 Å². The number of ether oxygens (including phenoxy) is 3. The van der Waals surface area contributed by atoms with Crippen LogP contribution < -0.4 is 0 Å². The fraction of sp³-hybridized carbons (Fsp3) is 0.467. The van der Waals surface area contributed by atoms with E-state index in [1.54, 1.807) is 33.8 Å². The second-order valence-electron chi connectivity index (χ2n) is 5.37. The van der Waals surface area contributed by atoms with E-state index in [0.717, 1.165) is 5.56 Å². The molecule has 0 aromatic carbocycles. The summed E-state index contributed by atoms with van der Waals surface area (Å²) in [5, 5.41) is 3.78. The van der Waals surface area contributed by atoms with Crippen molar-refractivity contribution in [2.75, 3.05) is 7.11 Å². The van der Waals surface area contributed by atoms with Crippen molar-refractivity contribution in [2.45, 2.75) is 39.4 Å². The summed E-state index contributed by atoms with van der Waals surface area (Å²) < 4.78 is 14.8. The van der Waals surface area contributed by atoms with Crippen LogP contribution in [-0.4, -0.2) is 30.9 Å². The van der Waals surface area contributed by atoms with Crippen LogP contribution in [0.15, 0.2) is 22.4 Å². The lowest BCUT2D eigenvalue weighted by Crippen LogP contribution is -2.29. The summed E-state index contributed by atoms with van der Waals surface area (Å²) in [6.45, 7) is 6.93. The Morgan fingerprint density at radius 3 is 2.48 bits per heavy atom. The van der Waals surface area contributed by atoms with Gasteiger partial charge in [0.05, 0.1) is 12.7 Å². The van der Waals surface area contributed by atoms with Crippen LogP contribution in [-0.2, 0) is 19.0 Å². The highest BCUT2D eigenvalue weighted by Crippen LogP contribution is 2.20. The zero-order valence-corrected chi connectivity index (χ0v) is 13.7. The van der Waals surface area contributed by atoms with Crippen molar-refractivity contribution in [3.63, 3.8) is 0 Å². The number of rotatable bonds is 4. The molecule has 0 saturated carbocycles. The van der Waals surface area contributed by atoms with E-state index in [2.05, 4.69) is 4.74 Å². The molecule has 21 heavy (non-hydrogen) atoms. The molecule has 0 bridgehead atoms. The maximum Gasteiger partial charge on any atom is 0.508 e. The normalized spacial score (nSPS) is 13.5. The van der Waals surface area contributed by atoms with Crippen molar-refractivity contribution < 1.29 is 23.8 Å². The molecule has 0 N–H and O–H groups in total. The van der Waals surface area contributed by atoms with Crippen molar-refractivity contribution in [3.8, 4) is 0 Å². The van der Waals surface area contributed by atoms with Crippen LogP contribution in [0.3, 0.4) is 0 Å². The summed E-state index contributed by atoms with van der Waals surface area (Å²) in [6.07, 6.45) is 0.0347. The van der Waals surface area contributed by atoms with Gasteiger partial charge in [-0.25, -0.2) is 9.59 Å². The van der Waals surface area contributed by atoms with Crippen LogP contribution in [0, 0.1) is 0 Å². The zero-order valence-electron chi connectivity index (χ0n) is 12.8. The molecule has 0 aliphatic heterocycles. The maximum atomic E-state index is 12.3. The van der Waals surface area contributed by atoms with Gasteiger partial charge in [-0.3, -0.25) is 0 Å². The van der Waals surface area contributed by atoms with E-state index < -0.39 is 23.8 Å². The highest BCUT2D eigenvalue weighted by atomic mass is 32.1. The third-order valence-corrected chi connectivity index (χ3v) is 3.08. The van der Waals surface area contributed by atoms with Crippen molar-refractivity contribution in [1.29, 1.82) is 0 Å². The van der Waals surface area contributed by atoms with Crippen molar-refractivity contribution in [1.82, 2.24) is 0 Å². The van der Waals surface area contributed by atoms with Gasteiger partial charge in [-0.05, 0) is 56.2 Å². The molecule has 0 aliphatic rings. The predicted octanol–water partition coefficient (Wildman–Crippen LogP) is 3.64. The van der Waals surface area contributed by atoms with Crippen LogP contribution >= 0.6 is 11.3 Å². The summed E-state index contributed by atoms with van der Waals surface area (Å²) in [4.78, 5) is 23.5. The Hall–Kier alpha value is -1.82. The predicted molar refractivity (Wildman–Crippen MR) is 81.1 cm³/mol. The molecule has 0 aliphatic carbocycles. The van der Waals surface area contributed by atoms with Crippen LogP contribution in [0.5, 0.6) is 0 Å². The summed E-state index contributed by atoms with van der Waals surface area (Å²) in [5.41, 5.74) is 0.477. The lowest BCUT2D eigenvalue weighted by atomic mass is 10.1. The molecular weight excluding hydrogens is 292 g/mol. The zero-order chi connectivity index (χ0) is 16.0. The first kappa shape index (κ1) is 17.2. The number of esters is 1. The van der Waals surface area contributed by atoms with Gasteiger partial charge in [0.15, 0.2) is 0 Å². The fourth-order valence-electron chi connectivity index (χ4n) is 1.47. The molecular formula is C15H20O5S. The monoisotopic (exact) mass is 312 g/mol. The summed E-state index contributed by atoms with van der Waals surface area (Å²) in [7, 11) is 1.21. The van der Waals surface area contributed by atoms with Gasteiger partial charge in [-0.2, -0.15) is 11.3 Å². The van der Waals surface area contributed by atoms with Crippen LogP contribution in [0.25, 0.3) is 6.08 Å². The number of carbonyl (C=O) groups is 2. The largest absolute Gasteiger partial charge is 0.508 e. The SMILES string of the molecule is COC(=O)OC(C)/C(=C/c1ccsc1)C(=O)OC(C)(C)C. The smallest absolute Gasteiger partial charge is 0.457 e. The van der Waals surface area contributed by atoms with E-state index in [-0.39, 0.29) is 5.57 Å². The average molecular weight is 312 g/mol. The van der Waals surface area contributed by atoms with Gasteiger partial charge >= 0.3 is 12.1 Å². The lowest BCUT2D eigenvalue weighted by molar-refractivity contribution is -0.150. The number of thiophene rings is 1. The summed E-state index contributed by atoms with van der Waals surface area (Å²) in [5.74, 6) is -0.523. The van der Waals surface area contributed by atoms with E-state index >= 15 is 0 Å². The first-order valence-corrected chi connectivity index (χ1v) is 7.39. The second-order valence-corrected chi connectivity index (χ2v) is 6.15. The molecule has 116 valence electrons. The number of hydrogen-bond donors (Lipinski definition) is 0. The third kappa shape index (κ3) is 5.99. The Morgan fingerprint density at radius 2 is 2.00 bits per heavy atom. The van der Waals surface area contributed by atoms with Crippen molar-refractivity contribution in [3.05, 3.63) is 28.0 Å². The Labute approximate surface area is 128 Å². The van der Waals surface area contributed by atoms with Gasteiger partial charge in [-0.15, -0.1) is 0 Å². The quantitative estimate of drug-likeness (QED) is 0.627. The van der Waals surface area contributed by atoms with E-state index in [4.69, 9.17) is 9.47 Å². The Balaban J connectivity index is 3.00. The van der Waals surface area contributed by atoms with Gasteiger partial charge in [0.1, 0.15) is 11.7 Å². The van der Waals surface area contributed by atoms with E-state index in [1.807, 2.05) is 16.8 Å². The molecule has 0 spiro atoms. The standard InChI is InChI=1S/C15H20O5S/c1-10(19-14(17)18-5)12(8-11-6-7-21-9-11)13(16)20-15(2,3)4/h6-10H,1-5H3/b12-8-. The van der Waals surface area contributed by atoms with E-state index in [1.165, 1.54) is 18.4 Å². The van der Waals surface area contributed by atoms with Crippen LogP contribution in [0.2, 0.25) is 0 Å². The molecule has 1 aromatic heterocycles. The maximum absolute atomic E-state index is 12.3. The van der Waals surface area contributed by atoms with E-state index in [9.17, 15) is 9.59 Å². The molecule has 1 atom stereocenters. The topological polar surface area (TPSA) is 61.8 Å². The summed E-state index contributed by atoms with van der Waals surface area (Å²) >= 11 is 1.51. The highest BCUT2D eigenvalue weighted by molar-refractivity contribution is 7.08. The minimum absolute atomic E-state index is 0.258. The minimum atomic E-state index is -0.845. The molecule has 1 aromatic rings. The third-order valence-electron chi connectivity index (χ3n) is 2.38. The first-order valence-electron chi connectivity index (χ1n) is 6.44. The fourth-order valence-corrected chi connectivity index (χ4v) is 2.09. The minimum Gasteiger partial charge on any atom is -0.457 e. The molecule has 5 nitrogen and oxygen atoms in total. The van der Waals surface area contributed by atoms with Crippen LogP contribution in [0.4, 0.5) is 4.79 Å². The number of methoxy groups -OCH3 is 1. The first-order chi connectivity index (χ1) is 9.73. The van der Waals surface area contributed by atoms with Crippen LogP contribution in [0.1, 0.15) is 33.3 Å². The Kier molecular flexibility index (Phi) is 5.96. The lowest BCUT2D eigenvalue weighted by Gasteiger charge is -2.22. The van der Waals surface area contributed by atoms with Crippen molar-refractivity contribution in [2.24, 2.45) is 0 Å². The molecule has 0 fully saturated rings.